The van der Waals surface area contributed by atoms with Crippen molar-refractivity contribution < 1.29 is 4.74 Å². The molecule has 0 radical (unpaired) electrons. The number of methoxy groups -OCH3 is 1. The summed E-state index contributed by atoms with van der Waals surface area (Å²) in [4.78, 5) is 0. The number of hydrogen-bond donors (Lipinski definition) is 0. The summed E-state index contributed by atoms with van der Waals surface area (Å²) >= 11 is 0. The first-order valence-corrected chi connectivity index (χ1v) is 6.21. The fraction of sp³-hybridized carbons (Fsp3) is 0.533. The number of nitriles is 1. The molecule has 1 fully saturated rings. The highest BCUT2D eigenvalue weighted by Crippen LogP contribution is 2.39. The molecule has 2 rings (SSSR count). The predicted molar refractivity (Wildman–Crippen MR) is 67.8 cm³/mol. The van der Waals surface area contributed by atoms with E-state index in [1.807, 2.05) is 12.1 Å². The minimum Gasteiger partial charge on any atom is -0.381 e. The van der Waals surface area contributed by atoms with Crippen molar-refractivity contribution in [1.82, 2.24) is 0 Å². The van der Waals surface area contributed by atoms with Crippen LogP contribution in [0.5, 0.6) is 0 Å². The van der Waals surface area contributed by atoms with Crippen LogP contribution in [0.3, 0.4) is 0 Å². The SMILES string of the molecule is COC1CCC(C)(c2ccc(C#N)cc2)CC1. The molecule has 0 aliphatic heterocycles. The minimum absolute atomic E-state index is 0.253. The Labute approximate surface area is 103 Å². The summed E-state index contributed by atoms with van der Waals surface area (Å²) in [5, 5.41) is 8.80. The first-order valence-electron chi connectivity index (χ1n) is 6.21. The highest BCUT2D eigenvalue weighted by atomic mass is 16.5. The van der Waals surface area contributed by atoms with Gasteiger partial charge in [0.2, 0.25) is 0 Å². The molecule has 0 heterocycles. The molecule has 1 aliphatic rings. The monoisotopic (exact) mass is 229 g/mol. The van der Waals surface area contributed by atoms with Gasteiger partial charge in [-0.25, -0.2) is 0 Å². The van der Waals surface area contributed by atoms with Gasteiger partial charge in [0.1, 0.15) is 0 Å². The second kappa shape index (κ2) is 4.89. The molecule has 0 aromatic heterocycles. The quantitative estimate of drug-likeness (QED) is 0.778. The minimum atomic E-state index is 0.253. The molecule has 2 nitrogen and oxygen atoms in total. The van der Waals surface area contributed by atoms with Crippen LogP contribution in [-0.2, 0) is 10.2 Å². The van der Waals surface area contributed by atoms with Crippen LogP contribution in [0.2, 0.25) is 0 Å². The van der Waals surface area contributed by atoms with Crippen molar-refractivity contribution in [3.8, 4) is 6.07 Å². The van der Waals surface area contributed by atoms with Gasteiger partial charge in [0.25, 0.3) is 0 Å². The van der Waals surface area contributed by atoms with Crippen molar-refractivity contribution in [3.05, 3.63) is 35.4 Å². The van der Waals surface area contributed by atoms with E-state index in [1.54, 1.807) is 7.11 Å². The van der Waals surface area contributed by atoms with Crippen LogP contribution in [0.1, 0.15) is 43.7 Å². The van der Waals surface area contributed by atoms with E-state index in [-0.39, 0.29) is 5.41 Å². The van der Waals surface area contributed by atoms with E-state index in [2.05, 4.69) is 25.1 Å². The zero-order valence-corrected chi connectivity index (χ0v) is 10.6. The molecule has 1 aliphatic carbocycles. The van der Waals surface area contributed by atoms with Gasteiger partial charge in [-0.3, -0.25) is 0 Å². The van der Waals surface area contributed by atoms with Crippen molar-refractivity contribution >= 4 is 0 Å². The average Bonchev–Trinajstić information content (AvgIpc) is 2.40. The van der Waals surface area contributed by atoms with E-state index in [1.165, 1.54) is 5.56 Å². The maximum Gasteiger partial charge on any atom is 0.0991 e. The first kappa shape index (κ1) is 12.1. The molecule has 17 heavy (non-hydrogen) atoms. The van der Waals surface area contributed by atoms with Crippen molar-refractivity contribution in [3.63, 3.8) is 0 Å². The zero-order valence-electron chi connectivity index (χ0n) is 10.6. The van der Waals surface area contributed by atoms with Gasteiger partial charge in [0.05, 0.1) is 17.7 Å². The van der Waals surface area contributed by atoms with E-state index >= 15 is 0 Å². The summed E-state index contributed by atoms with van der Waals surface area (Å²) in [6, 6.07) is 10.2. The second-order valence-corrected chi connectivity index (χ2v) is 5.18. The Morgan fingerprint density at radius 1 is 1.24 bits per heavy atom. The lowest BCUT2D eigenvalue weighted by atomic mass is 9.70. The molecule has 0 N–H and O–H groups in total. The molecular weight excluding hydrogens is 210 g/mol. The second-order valence-electron chi connectivity index (χ2n) is 5.18. The third-order valence-corrected chi connectivity index (χ3v) is 4.08. The van der Waals surface area contributed by atoms with Gasteiger partial charge in [-0.2, -0.15) is 5.26 Å². The third kappa shape index (κ3) is 2.50. The molecule has 2 heteroatoms. The number of rotatable bonds is 2. The van der Waals surface area contributed by atoms with E-state index < -0.39 is 0 Å². The molecule has 0 spiro atoms. The van der Waals surface area contributed by atoms with Gasteiger partial charge >= 0.3 is 0 Å². The summed E-state index contributed by atoms with van der Waals surface area (Å²) in [7, 11) is 1.80. The Morgan fingerprint density at radius 3 is 2.29 bits per heavy atom. The summed E-state index contributed by atoms with van der Waals surface area (Å²) in [6.07, 6.45) is 5.02. The molecule has 0 bridgehead atoms. The first-order chi connectivity index (χ1) is 8.18. The molecule has 1 aromatic carbocycles. The third-order valence-electron chi connectivity index (χ3n) is 4.08. The molecule has 0 unspecified atom stereocenters. The molecular formula is C15H19NO. The standard InChI is InChI=1S/C15H19NO/c1-15(9-7-14(17-2)8-10-15)13-5-3-12(11-16)4-6-13/h3-6,14H,7-10H2,1-2H3. The predicted octanol–water partition coefficient (Wildman–Crippen LogP) is 3.40. The van der Waals surface area contributed by atoms with Crippen molar-refractivity contribution in [2.45, 2.75) is 44.1 Å². The lowest BCUT2D eigenvalue weighted by Crippen LogP contribution is -2.31. The van der Waals surface area contributed by atoms with E-state index in [0.29, 0.717) is 6.10 Å². The summed E-state index contributed by atoms with van der Waals surface area (Å²) in [5.41, 5.74) is 2.34. The van der Waals surface area contributed by atoms with E-state index in [0.717, 1.165) is 31.2 Å². The van der Waals surface area contributed by atoms with Crippen LogP contribution in [0.25, 0.3) is 0 Å². The molecule has 90 valence electrons. The molecule has 0 saturated heterocycles. The Hall–Kier alpha value is -1.33. The number of ether oxygens (including phenoxy) is 1. The van der Waals surface area contributed by atoms with Gasteiger partial charge in [0.15, 0.2) is 0 Å². The lowest BCUT2D eigenvalue weighted by molar-refractivity contribution is 0.0516. The Bertz CT molecular complexity index is 408. The lowest BCUT2D eigenvalue weighted by Gasteiger charge is -2.37. The van der Waals surface area contributed by atoms with Crippen molar-refractivity contribution in [2.75, 3.05) is 7.11 Å². The summed E-state index contributed by atoms with van der Waals surface area (Å²) in [6.45, 7) is 2.32. The fourth-order valence-corrected chi connectivity index (χ4v) is 2.70. The van der Waals surface area contributed by atoms with Crippen LogP contribution >= 0.6 is 0 Å². The van der Waals surface area contributed by atoms with Crippen LogP contribution in [0.15, 0.2) is 24.3 Å². The van der Waals surface area contributed by atoms with Crippen LogP contribution < -0.4 is 0 Å². The fourth-order valence-electron chi connectivity index (χ4n) is 2.70. The normalized spacial score (nSPS) is 28.6. The number of nitrogens with zero attached hydrogens (tertiary/aromatic N) is 1. The van der Waals surface area contributed by atoms with Gasteiger partial charge < -0.3 is 4.74 Å². The smallest absolute Gasteiger partial charge is 0.0991 e. The number of benzene rings is 1. The van der Waals surface area contributed by atoms with Crippen molar-refractivity contribution in [1.29, 1.82) is 5.26 Å². The molecule has 0 amide bonds. The van der Waals surface area contributed by atoms with Crippen LogP contribution in [0, 0.1) is 11.3 Å². The van der Waals surface area contributed by atoms with Gasteiger partial charge in [0, 0.05) is 7.11 Å². The van der Waals surface area contributed by atoms with Gasteiger partial charge in [-0.05, 0) is 48.8 Å². The van der Waals surface area contributed by atoms with E-state index in [9.17, 15) is 0 Å². The van der Waals surface area contributed by atoms with E-state index in [4.69, 9.17) is 10.00 Å². The zero-order chi connectivity index (χ0) is 12.3. The maximum absolute atomic E-state index is 8.80. The Balaban J connectivity index is 2.13. The summed E-state index contributed by atoms with van der Waals surface area (Å²) < 4.78 is 5.41. The van der Waals surface area contributed by atoms with Gasteiger partial charge in [-0.15, -0.1) is 0 Å². The van der Waals surface area contributed by atoms with Crippen molar-refractivity contribution in [2.24, 2.45) is 0 Å². The van der Waals surface area contributed by atoms with Gasteiger partial charge in [-0.1, -0.05) is 19.1 Å². The van der Waals surface area contributed by atoms with Crippen LogP contribution in [-0.4, -0.2) is 13.2 Å². The Morgan fingerprint density at radius 2 is 1.82 bits per heavy atom. The largest absolute Gasteiger partial charge is 0.381 e. The molecule has 0 atom stereocenters. The topological polar surface area (TPSA) is 33.0 Å². The highest BCUT2D eigenvalue weighted by Gasteiger charge is 2.32. The summed E-state index contributed by atoms with van der Waals surface area (Å²) in [5.74, 6) is 0. The van der Waals surface area contributed by atoms with Crippen LogP contribution in [0.4, 0.5) is 0 Å². The number of hydrogen-bond acceptors (Lipinski definition) is 2. The molecule has 1 saturated carbocycles. The Kier molecular flexibility index (Phi) is 3.49. The molecule has 1 aromatic rings. The maximum atomic E-state index is 8.80. The average molecular weight is 229 g/mol. The highest BCUT2D eigenvalue weighted by molar-refractivity contribution is 5.35.